The van der Waals surface area contributed by atoms with E-state index in [1.807, 2.05) is 6.07 Å². The molecular formula is C19H18N4O2S. The summed E-state index contributed by atoms with van der Waals surface area (Å²) in [6.07, 6.45) is 1.04. The van der Waals surface area contributed by atoms with Gasteiger partial charge in [0.2, 0.25) is 5.01 Å². The van der Waals surface area contributed by atoms with Gasteiger partial charge >= 0.3 is 0 Å². The SMILES string of the molecule is COc1ccc(NC(=O)c2nnc(CN3CCc4ccccc43)s2)cc1. The lowest BCUT2D eigenvalue weighted by Gasteiger charge is -2.17. The number of hydrogen-bond donors (Lipinski definition) is 1. The molecule has 1 aliphatic heterocycles. The number of fused-ring (bicyclic) bond motifs is 1. The summed E-state index contributed by atoms with van der Waals surface area (Å²) < 4.78 is 5.11. The minimum absolute atomic E-state index is 0.249. The molecule has 1 aromatic heterocycles. The molecule has 0 aliphatic carbocycles. The van der Waals surface area contributed by atoms with Crippen molar-refractivity contribution < 1.29 is 9.53 Å². The van der Waals surface area contributed by atoms with Crippen LogP contribution >= 0.6 is 11.3 Å². The number of anilines is 2. The molecule has 0 fully saturated rings. The summed E-state index contributed by atoms with van der Waals surface area (Å²) in [6, 6.07) is 15.6. The first-order valence-corrected chi connectivity index (χ1v) is 9.15. The van der Waals surface area contributed by atoms with Gasteiger partial charge in [0.25, 0.3) is 5.91 Å². The molecule has 0 unspecified atom stereocenters. The maximum atomic E-state index is 12.4. The molecule has 1 N–H and O–H groups in total. The number of rotatable bonds is 5. The molecule has 0 bridgehead atoms. The van der Waals surface area contributed by atoms with Gasteiger partial charge in [0.05, 0.1) is 13.7 Å². The van der Waals surface area contributed by atoms with Crippen molar-refractivity contribution in [2.24, 2.45) is 0 Å². The van der Waals surface area contributed by atoms with Crippen molar-refractivity contribution in [1.29, 1.82) is 0 Å². The first-order chi connectivity index (χ1) is 12.7. The van der Waals surface area contributed by atoms with Crippen molar-refractivity contribution >= 4 is 28.6 Å². The third-order valence-electron chi connectivity index (χ3n) is 4.32. The molecule has 2 aromatic carbocycles. The fraction of sp³-hybridized carbons (Fsp3) is 0.211. The Morgan fingerprint density at radius 1 is 1.19 bits per heavy atom. The van der Waals surface area contributed by atoms with Crippen LogP contribution in [-0.2, 0) is 13.0 Å². The normalized spacial score (nSPS) is 12.7. The fourth-order valence-electron chi connectivity index (χ4n) is 3.00. The van der Waals surface area contributed by atoms with Crippen molar-refractivity contribution in [2.75, 3.05) is 23.9 Å². The average Bonchev–Trinajstić information content (AvgIpc) is 3.30. The van der Waals surface area contributed by atoms with Gasteiger partial charge in [-0.05, 0) is 42.3 Å². The maximum absolute atomic E-state index is 12.4. The molecule has 0 spiro atoms. The quantitative estimate of drug-likeness (QED) is 0.750. The van der Waals surface area contributed by atoms with E-state index < -0.39 is 0 Å². The maximum Gasteiger partial charge on any atom is 0.286 e. The lowest BCUT2D eigenvalue weighted by Crippen LogP contribution is -2.19. The number of amides is 1. The number of carbonyl (C=O) groups is 1. The highest BCUT2D eigenvalue weighted by Crippen LogP contribution is 2.29. The van der Waals surface area contributed by atoms with Gasteiger partial charge in [0, 0.05) is 17.9 Å². The molecule has 0 saturated heterocycles. The van der Waals surface area contributed by atoms with Crippen molar-refractivity contribution in [1.82, 2.24) is 10.2 Å². The molecule has 4 rings (SSSR count). The standard InChI is InChI=1S/C19H18N4O2S/c1-25-15-8-6-14(7-9-15)20-18(24)19-22-21-17(26-19)12-23-11-10-13-4-2-3-5-16(13)23/h2-9H,10-12H2,1H3,(H,20,24). The summed E-state index contributed by atoms with van der Waals surface area (Å²) in [5.74, 6) is 0.493. The van der Waals surface area contributed by atoms with Gasteiger partial charge in [0.1, 0.15) is 10.8 Å². The van der Waals surface area contributed by atoms with E-state index in [0.29, 0.717) is 17.2 Å². The van der Waals surface area contributed by atoms with Gasteiger partial charge in [-0.2, -0.15) is 0 Å². The van der Waals surface area contributed by atoms with Crippen molar-refractivity contribution in [3.05, 3.63) is 64.1 Å². The first-order valence-electron chi connectivity index (χ1n) is 8.33. The largest absolute Gasteiger partial charge is 0.497 e. The van der Waals surface area contributed by atoms with Crippen LogP contribution in [0.1, 0.15) is 20.4 Å². The summed E-state index contributed by atoms with van der Waals surface area (Å²) >= 11 is 1.33. The number of hydrogen-bond acceptors (Lipinski definition) is 6. The van der Waals surface area contributed by atoms with Crippen LogP contribution in [-0.4, -0.2) is 29.8 Å². The fourth-order valence-corrected chi connectivity index (χ4v) is 3.75. The number of methoxy groups -OCH3 is 1. The summed E-state index contributed by atoms with van der Waals surface area (Å²) in [6.45, 7) is 1.64. The van der Waals surface area contributed by atoms with Gasteiger partial charge in [-0.3, -0.25) is 4.79 Å². The van der Waals surface area contributed by atoms with E-state index in [0.717, 1.165) is 23.7 Å². The second kappa shape index (κ2) is 7.13. The summed E-state index contributed by atoms with van der Waals surface area (Å²) in [5.41, 5.74) is 3.29. The van der Waals surface area contributed by atoms with Crippen LogP contribution in [0, 0.1) is 0 Å². The molecule has 6 nitrogen and oxygen atoms in total. The summed E-state index contributed by atoms with van der Waals surface area (Å²) in [4.78, 5) is 14.6. The van der Waals surface area contributed by atoms with Gasteiger partial charge in [-0.15, -0.1) is 10.2 Å². The Bertz CT molecular complexity index is 923. The Kier molecular flexibility index (Phi) is 4.53. The highest BCUT2D eigenvalue weighted by molar-refractivity contribution is 7.13. The predicted octanol–water partition coefficient (Wildman–Crippen LogP) is 3.36. The Labute approximate surface area is 155 Å². The van der Waals surface area contributed by atoms with Crippen LogP contribution in [0.5, 0.6) is 5.75 Å². The van der Waals surface area contributed by atoms with Crippen molar-refractivity contribution in [3.8, 4) is 5.75 Å². The second-order valence-electron chi connectivity index (χ2n) is 5.98. The van der Waals surface area contributed by atoms with E-state index in [4.69, 9.17) is 4.74 Å². The van der Waals surface area contributed by atoms with E-state index in [-0.39, 0.29) is 5.91 Å². The van der Waals surface area contributed by atoms with Crippen LogP contribution in [0.2, 0.25) is 0 Å². The van der Waals surface area contributed by atoms with E-state index in [1.165, 1.54) is 22.6 Å². The smallest absolute Gasteiger partial charge is 0.286 e. The third-order valence-corrected chi connectivity index (χ3v) is 5.23. The molecule has 2 heterocycles. The second-order valence-corrected chi connectivity index (χ2v) is 7.05. The van der Waals surface area contributed by atoms with E-state index in [1.54, 1.807) is 31.4 Å². The zero-order valence-electron chi connectivity index (χ0n) is 14.3. The van der Waals surface area contributed by atoms with E-state index in [2.05, 4.69) is 38.6 Å². The molecule has 1 amide bonds. The Morgan fingerprint density at radius 2 is 2.00 bits per heavy atom. The average molecular weight is 366 g/mol. The van der Waals surface area contributed by atoms with Crippen LogP contribution in [0.25, 0.3) is 0 Å². The highest BCUT2D eigenvalue weighted by Gasteiger charge is 2.21. The first kappa shape index (κ1) is 16.5. The third kappa shape index (κ3) is 3.39. The Balaban J connectivity index is 1.42. The highest BCUT2D eigenvalue weighted by atomic mass is 32.1. The molecule has 26 heavy (non-hydrogen) atoms. The molecule has 0 saturated carbocycles. The molecular weight excluding hydrogens is 348 g/mol. The van der Waals surface area contributed by atoms with Crippen molar-refractivity contribution in [2.45, 2.75) is 13.0 Å². The summed E-state index contributed by atoms with van der Waals surface area (Å²) in [7, 11) is 1.61. The van der Waals surface area contributed by atoms with E-state index in [9.17, 15) is 4.79 Å². The zero-order chi connectivity index (χ0) is 17.9. The number of ether oxygens (including phenoxy) is 1. The lowest BCUT2D eigenvalue weighted by atomic mass is 10.2. The number of nitrogens with zero attached hydrogens (tertiary/aromatic N) is 3. The van der Waals surface area contributed by atoms with E-state index >= 15 is 0 Å². The topological polar surface area (TPSA) is 67.3 Å². The number of nitrogens with one attached hydrogen (secondary N) is 1. The number of para-hydroxylation sites is 1. The number of benzene rings is 2. The minimum atomic E-state index is -0.249. The molecule has 0 atom stereocenters. The number of aromatic nitrogens is 2. The molecule has 0 radical (unpaired) electrons. The van der Waals surface area contributed by atoms with Crippen LogP contribution < -0.4 is 15.0 Å². The van der Waals surface area contributed by atoms with Gasteiger partial charge in [-0.1, -0.05) is 29.5 Å². The van der Waals surface area contributed by atoms with Gasteiger partial charge < -0.3 is 15.0 Å². The zero-order valence-corrected chi connectivity index (χ0v) is 15.1. The Morgan fingerprint density at radius 3 is 2.81 bits per heavy atom. The monoisotopic (exact) mass is 366 g/mol. The van der Waals surface area contributed by atoms with Crippen molar-refractivity contribution in [3.63, 3.8) is 0 Å². The molecule has 3 aromatic rings. The predicted molar refractivity (Wildman–Crippen MR) is 102 cm³/mol. The number of carbonyl (C=O) groups excluding carboxylic acids is 1. The minimum Gasteiger partial charge on any atom is -0.497 e. The lowest BCUT2D eigenvalue weighted by molar-refractivity contribution is 0.102. The van der Waals surface area contributed by atoms with Crippen LogP contribution in [0.15, 0.2) is 48.5 Å². The molecule has 1 aliphatic rings. The Hall–Kier alpha value is -2.93. The molecule has 7 heteroatoms. The van der Waals surface area contributed by atoms with Gasteiger partial charge in [0.15, 0.2) is 0 Å². The summed E-state index contributed by atoms with van der Waals surface area (Å²) in [5, 5.41) is 12.3. The van der Waals surface area contributed by atoms with Gasteiger partial charge in [-0.25, -0.2) is 0 Å². The molecule has 132 valence electrons. The van der Waals surface area contributed by atoms with Crippen LogP contribution in [0.4, 0.5) is 11.4 Å². The van der Waals surface area contributed by atoms with Crippen LogP contribution in [0.3, 0.4) is 0 Å².